The van der Waals surface area contributed by atoms with Crippen molar-refractivity contribution in [3.8, 4) is 11.5 Å². The highest BCUT2D eigenvalue weighted by Gasteiger charge is 2.23. The molecule has 0 unspecified atom stereocenters. The molecule has 0 aliphatic rings. The van der Waals surface area contributed by atoms with Gasteiger partial charge in [-0.1, -0.05) is 13.8 Å². The number of hydrogen-bond acceptors (Lipinski definition) is 4. The van der Waals surface area contributed by atoms with Gasteiger partial charge in [-0.3, -0.25) is 0 Å². The first-order chi connectivity index (χ1) is 10.2. The van der Waals surface area contributed by atoms with E-state index in [1.165, 1.54) is 12.1 Å². The number of benzene rings is 1. The maximum absolute atomic E-state index is 12.4. The number of nitrogens with one attached hydrogen (secondary N) is 1. The molecule has 1 aromatic rings. The Kier molecular flexibility index (Phi) is 6.68. The predicted molar refractivity (Wildman–Crippen MR) is 88.1 cm³/mol. The normalized spacial score (nSPS) is 12.2. The quantitative estimate of drug-likeness (QED) is 0.794. The van der Waals surface area contributed by atoms with Crippen molar-refractivity contribution < 1.29 is 17.9 Å². The fraction of sp³-hybridized carbons (Fsp3) is 0.625. The van der Waals surface area contributed by atoms with E-state index in [2.05, 4.69) is 4.72 Å². The SMILES string of the molecule is CCCOc1ccc(S(=O)(=O)NC(C)(C)C)cc1OCCC. The molecule has 22 heavy (non-hydrogen) atoms. The van der Waals surface area contributed by atoms with E-state index < -0.39 is 15.6 Å². The molecule has 0 spiro atoms. The Morgan fingerprint density at radius 1 is 1.00 bits per heavy atom. The third kappa shape index (κ3) is 5.85. The minimum absolute atomic E-state index is 0.178. The Morgan fingerprint density at radius 2 is 1.55 bits per heavy atom. The smallest absolute Gasteiger partial charge is 0.241 e. The number of rotatable bonds is 8. The van der Waals surface area contributed by atoms with Gasteiger partial charge in [0.05, 0.1) is 18.1 Å². The molecule has 0 saturated heterocycles. The topological polar surface area (TPSA) is 64.6 Å². The lowest BCUT2D eigenvalue weighted by molar-refractivity contribution is 0.267. The van der Waals surface area contributed by atoms with Gasteiger partial charge in [-0.2, -0.15) is 0 Å². The molecule has 5 nitrogen and oxygen atoms in total. The van der Waals surface area contributed by atoms with Gasteiger partial charge in [-0.05, 0) is 45.7 Å². The summed E-state index contributed by atoms with van der Waals surface area (Å²) in [5, 5.41) is 0. The molecular formula is C16H27NO4S. The molecule has 1 N–H and O–H groups in total. The van der Waals surface area contributed by atoms with Gasteiger partial charge in [0.2, 0.25) is 10.0 Å². The van der Waals surface area contributed by atoms with Crippen molar-refractivity contribution in [2.24, 2.45) is 0 Å². The molecule has 0 atom stereocenters. The Labute approximate surface area is 134 Å². The van der Waals surface area contributed by atoms with Crippen LogP contribution in [0.4, 0.5) is 0 Å². The summed E-state index contributed by atoms with van der Waals surface area (Å²) >= 11 is 0. The lowest BCUT2D eigenvalue weighted by Gasteiger charge is -2.21. The molecular weight excluding hydrogens is 302 g/mol. The highest BCUT2D eigenvalue weighted by molar-refractivity contribution is 7.89. The summed E-state index contributed by atoms with van der Waals surface area (Å²) in [6.07, 6.45) is 1.71. The third-order valence-electron chi connectivity index (χ3n) is 2.59. The second-order valence-electron chi connectivity index (χ2n) is 6.16. The monoisotopic (exact) mass is 329 g/mol. The maximum Gasteiger partial charge on any atom is 0.241 e. The average molecular weight is 329 g/mol. The van der Waals surface area contributed by atoms with E-state index in [4.69, 9.17) is 9.47 Å². The van der Waals surface area contributed by atoms with Crippen LogP contribution < -0.4 is 14.2 Å². The van der Waals surface area contributed by atoms with E-state index in [0.717, 1.165) is 12.8 Å². The van der Waals surface area contributed by atoms with Crippen LogP contribution in [-0.2, 0) is 10.0 Å². The maximum atomic E-state index is 12.4. The largest absolute Gasteiger partial charge is 0.490 e. The van der Waals surface area contributed by atoms with Crippen LogP contribution in [0.25, 0.3) is 0 Å². The van der Waals surface area contributed by atoms with Crippen LogP contribution in [0.3, 0.4) is 0 Å². The Bertz CT molecular complexity index is 576. The molecule has 0 saturated carbocycles. The van der Waals surface area contributed by atoms with Gasteiger partial charge >= 0.3 is 0 Å². The summed E-state index contributed by atoms with van der Waals surface area (Å²) in [5.41, 5.74) is -0.541. The van der Waals surface area contributed by atoms with Gasteiger partial charge in [-0.25, -0.2) is 13.1 Å². The lowest BCUT2D eigenvalue weighted by atomic mass is 10.1. The number of hydrogen-bond donors (Lipinski definition) is 1. The van der Waals surface area contributed by atoms with Crippen LogP contribution in [0.5, 0.6) is 11.5 Å². The number of ether oxygens (including phenoxy) is 2. The van der Waals surface area contributed by atoms with Crippen LogP contribution >= 0.6 is 0 Å². The molecule has 0 aromatic heterocycles. The van der Waals surface area contributed by atoms with E-state index in [1.807, 2.05) is 13.8 Å². The van der Waals surface area contributed by atoms with Crippen LogP contribution in [0.15, 0.2) is 23.1 Å². The van der Waals surface area contributed by atoms with Crippen LogP contribution in [0.2, 0.25) is 0 Å². The molecule has 0 heterocycles. The van der Waals surface area contributed by atoms with Crippen molar-refractivity contribution in [2.75, 3.05) is 13.2 Å². The lowest BCUT2D eigenvalue weighted by Crippen LogP contribution is -2.40. The molecule has 0 aliphatic carbocycles. The van der Waals surface area contributed by atoms with E-state index in [1.54, 1.807) is 26.8 Å². The molecule has 0 bridgehead atoms. The molecule has 1 rings (SSSR count). The van der Waals surface area contributed by atoms with Crippen molar-refractivity contribution in [3.05, 3.63) is 18.2 Å². The molecule has 0 fully saturated rings. The molecule has 0 aliphatic heterocycles. The van der Waals surface area contributed by atoms with Crippen LogP contribution in [0.1, 0.15) is 47.5 Å². The first kappa shape index (κ1) is 18.8. The van der Waals surface area contributed by atoms with Gasteiger partial charge in [0.25, 0.3) is 0 Å². The fourth-order valence-electron chi connectivity index (χ4n) is 1.77. The Hall–Kier alpha value is -1.27. The van der Waals surface area contributed by atoms with E-state index >= 15 is 0 Å². The van der Waals surface area contributed by atoms with Crippen molar-refractivity contribution in [2.45, 2.75) is 57.9 Å². The molecule has 0 amide bonds. The molecule has 1 aromatic carbocycles. The molecule has 0 radical (unpaired) electrons. The predicted octanol–water partition coefficient (Wildman–Crippen LogP) is 3.34. The summed E-state index contributed by atoms with van der Waals surface area (Å²) in [7, 11) is -3.59. The van der Waals surface area contributed by atoms with E-state index in [0.29, 0.717) is 24.7 Å². The van der Waals surface area contributed by atoms with E-state index in [9.17, 15) is 8.42 Å². The van der Waals surface area contributed by atoms with Gasteiger partial charge in [0.15, 0.2) is 11.5 Å². The minimum atomic E-state index is -3.59. The Balaban J connectivity index is 3.11. The molecule has 126 valence electrons. The van der Waals surface area contributed by atoms with Gasteiger partial charge in [0.1, 0.15) is 0 Å². The zero-order chi connectivity index (χ0) is 16.8. The fourth-order valence-corrected chi connectivity index (χ4v) is 3.21. The summed E-state index contributed by atoms with van der Waals surface area (Å²) in [6, 6.07) is 4.71. The van der Waals surface area contributed by atoms with Crippen molar-refractivity contribution in [1.29, 1.82) is 0 Å². The third-order valence-corrected chi connectivity index (χ3v) is 4.35. The van der Waals surface area contributed by atoms with E-state index in [-0.39, 0.29) is 4.90 Å². The summed E-state index contributed by atoms with van der Waals surface area (Å²) < 4.78 is 38.7. The molecule has 6 heteroatoms. The van der Waals surface area contributed by atoms with Crippen molar-refractivity contribution in [1.82, 2.24) is 4.72 Å². The zero-order valence-electron chi connectivity index (χ0n) is 14.1. The van der Waals surface area contributed by atoms with Crippen molar-refractivity contribution in [3.63, 3.8) is 0 Å². The highest BCUT2D eigenvalue weighted by atomic mass is 32.2. The van der Waals surface area contributed by atoms with Gasteiger partial charge < -0.3 is 9.47 Å². The van der Waals surface area contributed by atoms with Gasteiger partial charge in [-0.15, -0.1) is 0 Å². The van der Waals surface area contributed by atoms with Crippen molar-refractivity contribution >= 4 is 10.0 Å². The van der Waals surface area contributed by atoms with Crippen LogP contribution in [0, 0.1) is 0 Å². The highest BCUT2D eigenvalue weighted by Crippen LogP contribution is 2.30. The summed E-state index contributed by atoms with van der Waals surface area (Å²) in [6.45, 7) is 10.5. The number of sulfonamides is 1. The van der Waals surface area contributed by atoms with Gasteiger partial charge in [0, 0.05) is 11.6 Å². The summed E-state index contributed by atoms with van der Waals surface area (Å²) in [4.78, 5) is 0.178. The summed E-state index contributed by atoms with van der Waals surface area (Å²) in [5.74, 6) is 1.04. The second-order valence-corrected chi connectivity index (χ2v) is 7.84. The van der Waals surface area contributed by atoms with Crippen LogP contribution in [-0.4, -0.2) is 27.2 Å². The first-order valence-corrected chi connectivity index (χ1v) is 9.11. The second kappa shape index (κ2) is 7.83. The zero-order valence-corrected chi connectivity index (χ0v) is 14.9. The minimum Gasteiger partial charge on any atom is -0.490 e. The standard InChI is InChI=1S/C16H27NO4S/c1-6-10-20-14-9-8-13(12-15(14)21-11-7-2)22(18,19)17-16(3,4)5/h8-9,12,17H,6-7,10-11H2,1-5H3. The average Bonchev–Trinajstić information content (AvgIpc) is 2.40. The first-order valence-electron chi connectivity index (χ1n) is 7.63. The Morgan fingerprint density at radius 3 is 2.05 bits per heavy atom.